The number of benzene rings is 2. The molecule has 1 amide bonds. The van der Waals surface area contributed by atoms with Gasteiger partial charge in [0.2, 0.25) is 5.13 Å². The number of aromatic amines is 1. The van der Waals surface area contributed by atoms with Gasteiger partial charge in [0.05, 0.1) is 5.69 Å². The molecule has 4 rings (SSSR count). The topological polar surface area (TPSA) is 110 Å². The molecule has 150 valence electrons. The van der Waals surface area contributed by atoms with Crippen molar-refractivity contribution in [3.63, 3.8) is 0 Å². The van der Waals surface area contributed by atoms with Crippen molar-refractivity contribution < 1.29 is 4.79 Å². The molecule has 2 heterocycles. The molecule has 0 aliphatic heterocycles. The molecule has 0 bridgehead atoms. The van der Waals surface area contributed by atoms with E-state index in [0.29, 0.717) is 22.8 Å². The quantitative estimate of drug-likeness (QED) is 0.517. The standard InChI is InChI=1S/C21H17N5O3S/c1-13-5-7-14(8-6-13)11-18-23-24-21(30-18)22-20(29)15-3-2-4-16(12-15)26-19(28)10-9-17(27)25-26/h2-10,12H,11H2,1H3,(H,25,27)(H,22,24,29). The van der Waals surface area contributed by atoms with E-state index in [1.54, 1.807) is 18.2 Å². The first-order valence-electron chi connectivity index (χ1n) is 9.10. The third-order valence-corrected chi connectivity index (χ3v) is 5.19. The van der Waals surface area contributed by atoms with Crippen LogP contribution in [0.1, 0.15) is 26.5 Å². The van der Waals surface area contributed by atoms with E-state index in [4.69, 9.17) is 0 Å². The highest BCUT2D eigenvalue weighted by Gasteiger charge is 2.12. The maximum Gasteiger partial charge on any atom is 0.269 e. The minimum atomic E-state index is -0.417. The lowest BCUT2D eigenvalue weighted by molar-refractivity contribution is 0.102. The summed E-state index contributed by atoms with van der Waals surface area (Å²) in [5.74, 6) is -0.388. The van der Waals surface area contributed by atoms with Crippen LogP contribution in [0, 0.1) is 6.92 Å². The molecule has 0 atom stereocenters. The van der Waals surface area contributed by atoms with Gasteiger partial charge >= 0.3 is 0 Å². The minimum Gasteiger partial charge on any atom is -0.296 e. The highest BCUT2D eigenvalue weighted by Crippen LogP contribution is 2.20. The average molecular weight is 419 g/mol. The number of carbonyl (C=O) groups excluding carboxylic acids is 1. The molecule has 2 aromatic carbocycles. The number of hydrogen-bond acceptors (Lipinski definition) is 6. The van der Waals surface area contributed by atoms with Crippen LogP contribution < -0.4 is 16.4 Å². The Hall–Kier alpha value is -3.85. The van der Waals surface area contributed by atoms with E-state index in [1.165, 1.54) is 29.0 Å². The van der Waals surface area contributed by atoms with Crippen LogP contribution in [0.4, 0.5) is 5.13 Å². The summed E-state index contributed by atoms with van der Waals surface area (Å²) in [4.78, 5) is 36.1. The number of aromatic nitrogens is 4. The second kappa shape index (κ2) is 8.26. The number of carbonyl (C=O) groups is 1. The van der Waals surface area contributed by atoms with Crippen LogP contribution in [-0.4, -0.2) is 25.9 Å². The maximum atomic E-state index is 12.6. The van der Waals surface area contributed by atoms with Gasteiger partial charge in [0.15, 0.2) is 0 Å². The van der Waals surface area contributed by atoms with Gasteiger partial charge in [-0.25, -0.2) is 4.68 Å². The van der Waals surface area contributed by atoms with E-state index in [-0.39, 0.29) is 5.91 Å². The molecule has 0 fully saturated rings. The fourth-order valence-electron chi connectivity index (χ4n) is 2.83. The van der Waals surface area contributed by atoms with Crippen molar-refractivity contribution in [2.24, 2.45) is 0 Å². The molecule has 30 heavy (non-hydrogen) atoms. The molecule has 0 aliphatic carbocycles. The Labute approximate surface area is 174 Å². The van der Waals surface area contributed by atoms with Gasteiger partial charge in [-0.05, 0) is 30.7 Å². The lowest BCUT2D eigenvalue weighted by atomic mass is 10.1. The van der Waals surface area contributed by atoms with Crippen molar-refractivity contribution >= 4 is 22.4 Å². The molecular formula is C21H17N5O3S. The maximum absolute atomic E-state index is 12.6. The Balaban J connectivity index is 1.50. The monoisotopic (exact) mass is 419 g/mol. The molecule has 2 N–H and O–H groups in total. The molecular weight excluding hydrogens is 402 g/mol. The van der Waals surface area contributed by atoms with Gasteiger partial charge < -0.3 is 0 Å². The lowest BCUT2D eigenvalue weighted by Crippen LogP contribution is -2.26. The van der Waals surface area contributed by atoms with Crippen LogP contribution in [0.2, 0.25) is 0 Å². The molecule has 9 heteroatoms. The van der Waals surface area contributed by atoms with Crippen molar-refractivity contribution in [2.75, 3.05) is 5.32 Å². The Morgan fingerprint density at radius 3 is 2.67 bits per heavy atom. The molecule has 0 aliphatic rings. The third-order valence-electron chi connectivity index (χ3n) is 4.35. The summed E-state index contributed by atoms with van der Waals surface area (Å²) in [5, 5.41) is 14.5. The first-order chi connectivity index (χ1) is 14.5. The zero-order valence-corrected chi connectivity index (χ0v) is 16.8. The molecule has 0 saturated heterocycles. The Bertz CT molecular complexity index is 1320. The number of rotatable bonds is 5. The number of nitrogens with zero attached hydrogens (tertiary/aromatic N) is 3. The number of hydrogen-bond donors (Lipinski definition) is 2. The van der Waals surface area contributed by atoms with Crippen LogP contribution in [0.3, 0.4) is 0 Å². The summed E-state index contributed by atoms with van der Waals surface area (Å²) >= 11 is 1.30. The fraction of sp³-hybridized carbons (Fsp3) is 0.0952. The summed E-state index contributed by atoms with van der Waals surface area (Å²) in [6.45, 7) is 2.03. The van der Waals surface area contributed by atoms with Gasteiger partial charge in [-0.3, -0.25) is 24.8 Å². The highest BCUT2D eigenvalue weighted by atomic mass is 32.1. The number of anilines is 1. The normalized spacial score (nSPS) is 10.7. The van der Waals surface area contributed by atoms with Crippen molar-refractivity contribution in [1.29, 1.82) is 0 Å². The summed E-state index contributed by atoms with van der Waals surface area (Å²) in [6.07, 6.45) is 0.633. The minimum absolute atomic E-state index is 0.319. The van der Waals surface area contributed by atoms with Crippen LogP contribution in [0.25, 0.3) is 5.69 Å². The van der Waals surface area contributed by atoms with E-state index >= 15 is 0 Å². The Morgan fingerprint density at radius 2 is 1.87 bits per heavy atom. The summed E-state index contributed by atoms with van der Waals surface area (Å²) in [5.41, 5.74) is 2.18. The fourth-order valence-corrected chi connectivity index (χ4v) is 3.60. The predicted octanol–water partition coefficient (Wildman–Crippen LogP) is 2.53. The van der Waals surface area contributed by atoms with Crippen molar-refractivity contribution in [2.45, 2.75) is 13.3 Å². The van der Waals surface area contributed by atoms with Crippen LogP contribution >= 0.6 is 11.3 Å². The van der Waals surface area contributed by atoms with E-state index in [2.05, 4.69) is 20.6 Å². The van der Waals surface area contributed by atoms with Crippen LogP contribution in [0.15, 0.2) is 70.3 Å². The van der Waals surface area contributed by atoms with E-state index in [1.807, 2.05) is 31.2 Å². The molecule has 0 radical (unpaired) electrons. The smallest absolute Gasteiger partial charge is 0.269 e. The zero-order valence-electron chi connectivity index (χ0n) is 16.0. The van der Waals surface area contributed by atoms with Gasteiger partial charge in [0, 0.05) is 24.1 Å². The number of aryl methyl sites for hydroxylation is 1. The van der Waals surface area contributed by atoms with E-state index in [0.717, 1.165) is 21.3 Å². The average Bonchev–Trinajstić information content (AvgIpc) is 3.18. The van der Waals surface area contributed by atoms with Gasteiger partial charge in [0.25, 0.3) is 17.0 Å². The Kier molecular flexibility index (Phi) is 5.36. The van der Waals surface area contributed by atoms with Gasteiger partial charge in [-0.15, -0.1) is 10.2 Å². The number of H-pyrrole nitrogens is 1. The number of amides is 1. The molecule has 2 aromatic heterocycles. The highest BCUT2D eigenvalue weighted by molar-refractivity contribution is 7.15. The van der Waals surface area contributed by atoms with Gasteiger partial charge in [-0.1, -0.05) is 47.2 Å². The third kappa shape index (κ3) is 4.41. The molecule has 8 nitrogen and oxygen atoms in total. The second-order valence-electron chi connectivity index (χ2n) is 6.65. The molecule has 0 unspecified atom stereocenters. The number of nitrogens with one attached hydrogen (secondary N) is 2. The first kappa shape index (κ1) is 19.5. The van der Waals surface area contributed by atoms with E-state index in [9.17, 15) is 14.4 Å². The van der Waals surface area contributed by atoms with Crippen LogP contribution in [0.5, 0.6) is 0 Å². The van der Waals surface area contributed by atoms with Crippen molar-refractivity contribution in [1.82, 2.24) is 20.0 Å². The molecule has 0 spiro atoms. The predicted molar refractivity (Wildman–Crippen MR) is 115 cm³/mol. The SMILES string of the molecule is Cc1ccc(Cc2nnc(NC(=O)c3cccc(-n4[nH]c(=O)ccc4=O)c3)s2)cc1. The first-order valence-corrected chi connectivity index (χ1v) is 9.92. The van der Waals surface area contributed by atoms with Gasteiger partial charge in [-0.2, -0.15) is 0 Å². The lowest BCUT2D eigenvalue weighted by Gasteiger charge is -2.07. The van der Waals surface area contributed by atoms with Crippen molar-refractivity contribution in [3.8, 4) is 5.69 Å². The zero-order chi connectivity index (χ0) is 21.1. The molecule has 0 saturated carbocycles. The van der Waals surface area contributed by atoms with Gasteiger partial charge in [0.1, 0.15) is 5.01 Å². The molecule has 4 aromatic rings. The Morgan fingerprint density at radius 1 is 1.07 bits per heavy atom. The summed E-state index contributed by atoms with van der Waals surface area (Å²) in [7, 11) is 0. The summed E-state index contributed by atoms with van der Waals surface area (Å²) < 4.78 is 1.09. The van der Waals surface area contributed by atoms with Crippen LogP contribution in [-0.2, 0) is 6.42 Å². The largest absolute Gasteiger partial charge is 0.296 e. The second-order valence-corrected chi connectivity index (χ2v) is 7.71. The van der Waals surface area contributed by atoms with E-state index < -0.39 is 11.1 Å². The van der Waals surface area contributed by atoms with Crippen molar-refractivity contribution in [3.05, 3.63) is 103 Å². The summed E-state index contributed by atoms with van der Waals surface area (Å²) in [6, 6.07) is 16.9.